The van der Waals surface area contributed by atoms with Crippen LogP contribution in [0.4, 0.5) is 5.69 Å². The van der Waals surface area contributed by atoms with E-state index in [1.54, 1.807) is 6.20 Å². The van der Waals surface area contributed by atoms with Gasteiger partial charge >= 0.3 is 0 Å². The Labute approximate surface area is 142 Å². The Bertz CT molecular complexity index is 665. The van der Waals surface area contributed by atoms with Gasteiger partial charge in [0.05, 0.1) is 18.0 Å². The average Bonchev–Trinajstić information content (AvgIpc) is 2.60. The lowest BCUT2D eigenvalue weighted by Gasteiger charge is -2.35. The number of aliphatic hydroxyl groups is 1. The normalized spacial score (nSPS) is 17.4. The predicted molar refractivity (Wildman–Crippen MR) is 93.6 cm³/mol. The molecule has 1 aliphatic heterocycles. The van der Waals surface area contributed by atoms with Crippen molar-refractivity contribution < 1.29 is 9.90 Å². The number of aromatic nitrogens is 1. The lowest BCUT2D eigenvalue weighted by molar-refractivity contribution is -0.122. The Morgan fingerprint density at radius 2 is 1.92 bits per heavy atom. The number of benzene rings is 1. The third-order valence-electron chi connectivity index (χ3n) is 4.41. The molecule has 2 N–H and O–H groups in total. The topological polar surface area (TPSA) is 65.5 Å². The van der Waals surface area contributed by atoms with Crippen molar-refractivity contribution in [1.82, 2.24) is 9.88 Å². The molecule has 0 saturated carbocycles. The molecule has 1 atom stereocenters. The summed E-state index contributed by atoms with van der Waals surface area (Å²) in [6.07, 6.45) is 2.81. The number of nitrogens with one attached hydrogen (secondary N) is 1. The van der Waals surface area contributed by atoms with Crippen LogP contribution in [-0.2, 0) is 4.79 Å². The number of carbonyl (C=O) groups is 1. The van der Waals surface area contributed by atoms with Crippen LogP contribution < -0.4 is 5.32 Å². The molecule has 5 heteroatoms. The number of amides is 1. The number of nitrogens with zero attached hydrogens (tertiary/aromatic N) is 2. The van der Waals surface area contributed by atoms with Gasteiger partial charge in [-0.3, -0.25) is 14.7 Å². The number of aliphatic hydroxyl groups excluding tert-OH is 1. The van der Waals surface area contributed by atoms with Crippen molar-refractivity contribution in [3.8, 4) is 0 Å². The molecule has 1 aromatic carbocycles. The second kappa shape index (κ2) is 7.55. The fourth-order valence-corrected chi connectivity index (χ4v) is 3.06. The van der Waals surface area contributed by atoms with Crippen LogP contribution in [-0.4, -0.2) is 40.1 Å². The van der Waals surface area contributed by atoms with Gasteiger partial charge in [0.25, 0.3) is 0 Å². The van der Waals surface area contributed by atoms with Crippen LogP contribution in [0.3, 0.4) is 0 Å². The zero-order valence-corrected chi connectivity index (χ0v) is 13.9. The highest BCUT2D eigenvalue weighted by Crippen LogP contribution is 2.26. The summed E-state index contributed by atoms with van der Waals surface area (Å²) in [4.78, 5) is 19.3. The second-order valence-corrected chi connectivity index (χ2v) is 6.26. The lowest BCUT2D eigenvalue weighted by atomic mass is 10.00. The van der Waals surface area contributed by atoms with E-state index in [-0.39, 0.29) is 18.1 Å². The Morgan fingerprint density at radius 1 is 1.21 bits per heavy atom. The van der Waals surface area contributed by atoms with E-state index in [1.165, 1.54) is 0 Å². The summed E-state index contributed by atoms with van der Waals surface area (Å²) in [5.41, 5.74) is 2.58. The molecule has 0 unspecified atom stereocenters. The van der Waals surface area contributed by atoms with E-state index in [1.807, 2.05) is 49.4 Å². The molecular weight excluding hydrogens is 302 g/mol. The molecule has 3 rings (SSSR count). The number of piperidine rings is 1. The maximum atomic E-state index is 12.9. The van der Waals surface area contributed by atoms with Crippen molar-refractivity contribution in [1.29, 1.82) is 0 Å². The average molecular weight is 325 g/mol. The summed E-state index contributed by atoms with van der Waals surface area (Å²) in [5, 5.41) is 12.7. The van der Waals surface area contributed by atoms with Crippen molar-refractivity contribution in [2.75, 3.05) is 18.4 Å². The molecule has 24 heavy (non-hydrogen) atoms. The van der Waals surface area contributed by atoms with Gasteiger partial charge in [0, 0.05) is 18.8 Å². The van der Waals surface area contributed by atoms with Gasteiger partial charge in [-0.15, -0.1) is 0 Å². The number of hydrogen-bond donors (Lipinski definition) is 2. The Balaban J connectivity index is 1.81. The molecule has 2 heterocycles. The first-order valence-corrected chi connectivity index (χ1v) is 8.34. The quantitative estimate of drug-likeness (QED) is 0.906. The van der Waals surface area contributed by atoms with Crippen molar-refractivity contribution in [3.05, 3.63) is 59.9 Å². The highest BCUT2D eigenvalue weighted by atomic mass is 16.3. The van der Waals surface area contributed by atoms with Crippen molar-refractivity contribution in [2.24, 2.45) is 0 Å². The van der Waals surface area contributed by atoms with E-state index in [4.69, 9.17) is 0 Å². The van der Waals surface area contributed by atoms with Gasteiger partial charge in [-0.2, -0.15) is 0 Å². The number of pyridine rings is 1. The van der Waals surface area contributed by atoms with Gasteiger partial charge in [0.1, 0.15) is 6.04 Å². The van der Waals surface area contributed by atoms with E-state index in [0.29, 0.717) is 31.6 Å². The van der Waals surface area contributed by atoms with E-state index in [9.17, 15) is 9.90 Å². The molecule has 0 bridgehead atoms. The first-order chi connectivity index (χ1) is 11.6. The predicted octanol–water partition coefficient (Wildman–Crippen LogP) is 2.53. The van der Waals surface area contributed by atoms with Gasteiger partial charge < -0.3 is 10.4 Å². The monoisotopic (exact) mass is 325 g/mol. The molecule has 126 valence electrons. The number of carbonyl (C=O) groups excluding carboxylic acids is 1. The standard InChI is InChI=1S/C19H23N3O2/c1-14-7-8-16(13-20-14)21-19(24)18(15-5-3-2-4-6-15)22-11-9-17(23)10-12-22/h2-8,13,17-18,23H,9-12H2,1H3,(H,21,24)/t18-/m0/s1. The maximum Gasteiger partial charge on any atom is 0.246 e. The smallest absolute Gasteiger partial charge is 0.246 e. The first kappa shape index (κ1) is 16.6. The lowest BCUT2D eigenvalue weighted by Crippen LogP contribution is -2.43. The summed E-state index contributed by atoms with van der Waals surface area (Å²) in [7, 11) is 0. The fourth-order valence-electron chi connectivity index (χ4n) is 3.06. The minimum atomic E-state index is -0.361. The summed E-state index contributed by atoms with van der Waals surface area (Å²) < 4.78 is 0. The molecule has 0 aliphatic carbocycles. The number of hydrogen-bond acceptors (Lipinski definition) is 4. The maximum absolute atomic E-state index is 12.9. The van der Waals surface area contributed by atoms with Crippen LogP contribution in [0.25, 0.3) is 0 Å². The molecule has 0 radical (unpaired) electrons. The van der Waals surface area contributed by atoms with Crippen LogP contribution in [0, 0.1) is 6.92 Å². The van der Waals surface area contributed by atoms with Crippen LogP contribution in [0.15, 0.2) is 48.7 Å². The molecule has 1 amide bonds. The zero-order valence-electron chi connectivity index (χ0n) is 13.9. The number of aryl methyl sites for hydroxylation is 1. The summed E-state index contributed by atoms with van der Waals surface area (Å²) in [6, 6.07) is 13.2. The number of rotatable bonds is 4. The first-order valence-electron chi connectivity index (χ1n) is 8.34. The molecule has 1 fully saturated rings. The van der Waals surface area contributed by atoms with Crippen LogP contribution in [0.1, 0.15) is 30.1 Å². The Kier molecular flexibility index (Phi) is 5.23. The fraction of sp³-hybridized carbons (Fsp3) is 0.368. The number of likely N-dealkylation sites (tertiary alicyclic amines) is 1. The van der Waals surface area contributed by atoms with Gasteiger partial charge in [-0.05, 0) is 37.5 Å². The SMILES string of the molecule is Cc1ccc(NC(=O)[C@H](c2ccccc2)N2CCC(O)CC2)cn1. The van der Waals surface area contributed by atoms with E-state index >= 15 is 0 Å². The van der Waals surface area contributed by atoms with Gasteiger partial charge in [0.2, 0.25) is 5.91 Å². The molecule has 2 aromatic rings. The van der Waals surface area contributed by atoms with Gasteiger partial charge in [-0.1, -0.05) is 30.3 Å². The van der Waals surface area contributed by atoms with Crippen molar-refractivity contribution >= 4 is 11.6 Å². The molecule has 5 nitrogen and oxygen atoms in total. The molecular formula is C19H23N3O2. The largest absolute Gasteiger partial charge is 0.393 e. The Hall–Kier alpha value is -2.24. The summed E-state index contributed by atoms with van der Waals surface area (Å²) in [5.74, 6) is -0.0664. The molecule has 1 aromatic heterocycles. The van der Waals surface area contributed by atoms with Crippen LogP contribution in [0.2, 0.25) is 0 Å². The molecule has 0 spiro atoms. The van der Waals surface area contributed by atoms with Gasteiger partial charge in [0.15, 0.2) is 0 Å². The highest BCUT2D eigenvalue weighted by molar-refractivity contribution is 5.95. The summed E-state index contributed by atoms with van der Waals surface area (Å²) >= 11 is 0. The molecule has 1 aliphatic rings. The summed E-state index contributed by atoms with van der Waals surface area (Å²) in [6.45, 7) is 3.33. The van der Waals surface area contributed by atoms with E-state index in [2.05, 4.69) is 15.2 Å². The number of anilines is 1. The minimum Gasteiger partial charge on any atom is -0.393 e. The zero-order chi connectivity index (χ0) is 16.9. The van der Waals surface area contributed by atoms with Crippen LogP contribution in [0.5, 0.6) is 0 Å². The van der Waals surface area contributed by atoms with E-state index < -0.39 is 0 Å². The third-order valence-corrected chi connectivity index (χ3v) is 4.41. The third kappa shape index (κ3) is 3.99. The Morgan fingerprint density at radius 3 is 2.54 bits per heavy atom. The van der Waals surface area contributed by atoms with Crippen LogP contribution >= 0.6 is 0 Å². The highest BCUT2D eigenvalue weighted by Gasteiger charge is 2.30. The van der Waals surface area contributed by atoms with E-state index in [0.717, 1.165) is 11.3 Å². The van der Waals surface area contributed by atoms with Crippen molar-refractivity contribution in [2.45, 2.75) is 31.9 Å². The van der Waals surface area contributed by atoms with Crippen molar-refractivity contribution in [3.63, 3.8) is 0 Å². The van der Waals surface area contributed by atoms with Gasteiger partial charge in [-0.25, -0.2) is 0 Å². The second-order valence-electron chi connectivity index (χ2n) is 6.26. The molecule has 1 saturated heterocycles. The minimum absolute atomic E-state index is 0.0664.